The Hall–Kier alpha value is -1.19. The van der Waals surface area contributed by atoms with Crippen LogP contribution in [0.25, 0.3) is 0 Å². The molecule has 0 aromatic heterocycles. The van der Waals surface area contributed by atoms with Crippen LogP contribution < -0.4 is 10.0 Å². The molecule has 0 amide bonds. The molecule has 2 N–H and O–H groups in total. The minimum absolute atomic E-state index is 0.111. The van der Waals surface area contributed by atoms with Crippen LogP contribution in [0, 0.1) is 5.82 Å². The molecule has 124 valence electrons. The Kier molecular flexibility index (Phi) is 4.78. The van der Waals surface area contributed by atoms with Crippen LogP contribution in [0.2, 0.25) is 0 Å². The quantitative estimate of drug-likeness (QED) is 0.830. The van der Waals surface area contributed by atoms with Gasteiger partial charge < -0.3 is 5.32 Å². The molecule has 22 heavy (non-hydrogen) atoms. The molecule has 1 heterocycles. The van der Waals surface area contributed by atoms with Gasteiger partial charge in [0.25, 0.3) is 0 Å². The molecule has 4 nitrogen and oxygen atoms in total. The highest BCUT2D eigenvalue weighted by molar-refractivity contribution is 7.89. The molecule has 0 radical (unpaired) electrons. The van der Waals surface area contributed by atoms with Crippen LogP contribution in [-0.2, 0) is 16.2 Å². The fourth-order valence-corrected chi connectivity index (χ4v) is 3.72. The molecule has 2 unspecified atom stereocenters. The second-order valence-electron chi connectivity index (χ2n) is 5.34. The molecule has 2 rings (SSSR count). The van der Waals surface area contributed by atoms with Crippen LogP contribution in [0.1, 0.15) is 25.3 Å². The van der Waals surface area contributed by atoms with E-state index < -0.39 is 32.5 Å². The minimum atomic E-state index is -4.95. The van der Waals surface area contributed by atoms with E-state index in [0.717, 1.165) is 6.07 Å². The van der Waals surface area contributed by atoms with Crippen molar-refractivity contribution in [2.75, 3.05) is 6.54 Å². The van der Waals surface area contributed by atoms with Crippen molar-refractivity contribution in [3.8, 4) is 0 Å². The van der Waals surface area contributed by atoms with Gasteiger partial charge in [0.05, 0.1) is 10.5 Å². The second-order valence-corrected chi connectivity index (χ2v) is 7.05. The first-order valence-corrected chi connectivity index (χ1v) is 8.20. The van der Waals surface area contributed by atoms with Crippen molar-refractivity contribution in [3.05, 3.63) is 29.6 Å². The Balaban J connectivity index is 2.26. The minimum Gasteiger partial charge on any atom is -0.314 e. The lowest BCUT2D eigenvalue weighted by Crippen LogP contribution is -2.46. The lowest BCUT2D eigenvalue weighted by Gasteiger charge is -2.28. The second kappa shape index (κ2) is 6.13. The summed E-state index contributed by atoms with van der Waals surface area (Å²) in [4.78, 5) is -0.590. The van der Waals surface area contributed by atoms with Crippen LogP contribution in [0.4, 0.5) is 17.6 Å². The smallest absolute Gasteiger partial charge is 0.314 e. The lowest BCUT2D eigenvalue weighted by atomic mass is 10.0. The van der Waals surface area contributed by atoms with Crippen molar-refractivity contribution in [1.82, 2.24) is 10.0 Å². The standard InChI is InChI=1S/C13H16F4N2O2S/c1-8-6-9(4-5-18-8)19-22(20,21)10-2-3-12(14)11(7-10)13(15,16)17/h2-3,7-9,18-19H,4-6H2,1H3. The molecule has 1 aromatic rings. The SMILES string of the molecule is CC1CC(NS(=O)(=O)c2ccc(F)c(C(F)(F)F)c2)CCN1. The number of benzene rings is 1. The summed E-state index contributed by atoms with van der Waals surface area (Å²) in [6.45, 7) is 2.51. The number of rotatable bonds is 3. The first kappa shape index (κ1) is 17.2. The molecule has 2 atom stereocenters. The van der Waals surface area contributed by atoms with Gasteiger partial charge in [-0.15, -0.1) is 0 Å². The van der Waals surface area contributed by atoms with Gasteiger partial charge in [-0.05, 0) is 44.5 Å². The molecule has 1 saturated heterocycles. The van der Waals surface area contributed by atoms with Crippen LogP contribution in [0.3, 0.4) is 0 Å². The largest absolute Gasteiger partial charge is 0.419 e. The molecule has 1 aromatic carbocycles. The number of hydrogen-bond acceptors (Lipinski definition) is 3. The topological polar surface area (TPSA) is 58.2 Å². The maximum Gasteiger partial charge on any atom is 0.419 e. The average molecular weight is 340 g/mol. The van der Waals surface area contributed by atoms with E-state index in [2.05, 4.69) is 10.0 Å². The highest BCUT2D eigenvalue weighted by Gasteiger charge is 2.35. The Morgan fingerprint density at radius 1 is 1.32 bits per heavy atom. The summed E-state index contributed by atoms with van der Waals surface area (Å²) in [7, 11) is -4.13. The molecule has 1 fully saturated rings. The zero-order valence-corrected chi connectivity index (χ0v) is 12.6. The predicted molar refractivity (Wildman–Crippen MR) is 72.2 cm³/mol. The van der Waals surface area contributed by atoms with Gasteiger partial charge in [-0.25, -0.2) is 17.5 Å². The van der Waals surface area contributed by atoms with Gasteiger partial charge in [0.15, 0.2) is 0 Å². The third-order valence-corrected chi connectivity index (χ3v) is 5.02. The summed E-state index contributed by atoms with van der Waals surface area (Å²) < 4.78 is 77.9. The average Bonchev–Trinajstić information content (AvgIpc) is 2.36. The van der Waals surface area contributed by atoms with E-state index >= 15 is 0 Å². The summed E-state index contributed by atoms with van der Waals surface area (Å²) in [5.41, 5.74) is -1.59. The predicted octanol–water partition coefficient (Wildman–Crippen LogP) is 2.26. The summed E-state index contributed by atoms with van der Waals surface area (Å²) in [5.74, 6) is -1.50. The van der Waals surface area contributed by atoms with Gasteiger partial charge in [-0.2, -0.15) is 13.2 Å². The number of sulfonamides is 1. The van der Waals surface area contributed by atoms with E-state index in [9.17, 15) is 26.0 Å². The Morgan fingerprint density at radius 3 is 2.59 bits per heavy atom. The fourth-order valence-electron chi connectivity index (χ4n) is 2.42. The van der Waals surface area contributed by atoms with Gasteiger partial charge in [-0.1, -0.05) is 0 Å². The fraction of sp³-hybridized carbons (Fsp3) is 0.538. The lowest BCUT2D eigenvalue weighted by molar-refractivity contribution is -0.140. The van der Waals surface area contributed by atoms with E-state index in [0.29, 0.717) is 31.5 Å². The van der Waals surface area contributed by atoms with Crippen LogP contribution in [0.15, 0.2) is 23.1 Å². The van der Waals surface area contributed by atoms with E-state index in [1.807, 2.05) is 6.92 Å². The Labute approximate surface area is 126 Å². The van der Waals surface area contributed by atoms with Crippen molar-refractivity contribution in [2.45, 2.75) is 42.9 Å². The van der Waals surface area contributed by atoms with Gasteiger partial charge >= 0.3 is 6.18 Å². The van der Waals surface area contributed by atoms with Crippen molar-refractivity contribution in [3.63, 3.8) is 0 Å². The highest BCUT2D eigenvalue weighted by Crippen LogP contribution is 2.32. The Morgan fingerprint density at radius 2 is 2.00 bits per heavy atom. The molecule has 1 aliphatic rings. The van der Waals surface area contributed by atoms with Crippen molar-refractivity contribution >= 4 is 10.0 Å². The molecule has 0 bridgehead atoms. The molecule has 0 aliphatic carbocycles. The van der Waals surface area contributed by atoms with Crippen molar-refractivity contribution < 1.29 is 26.0 Å². The van der Waals surface area contributed by atoms with E-state index in [1.165, 1.54) is 0 Å². The summed E-state index contributed by atoms with van der Waals surface area (Å²) >= 11 is 0. The highest BCUT2D eigenvalue weighted by atomic mass is 32.2. The summed E-state index contributed by atoms with van der Waals surface area (Å²) in [5, 5.41) is 3.14. The van der Waals surface area contributed by atoms with Crippen LogP contribution >= 0.6 is 0 Å². The molecular weight excluding hydrogens is 324 g/mol. The van der Waals surface area contributed by atoms with E-state index in [-0.39, 0.29) is 12.1 Å². The maximum absolute atomic E-state index is 13.2. The number of alkyl halides is 3. The third kappa shape index (κ3) is 3.96. The van der Waals surface area contributed by atoms with Gasteiger partial charge in [0.1, 0.15) is 5.82 Å². The van der Waals surface area contributed by atoms with Crippen molar-refractivity contribution in [2.24, 2.45) is 0 Å². The monoisotopic (exact) mass is 340 g/mol. The third-order valence-electron chi connectivity index (χ3n) is 3.50. The molecule has 0 saturated carbocycles. The maximum atomic E-state index is 13.2. The van der Waals surface area contributed by atoms with Gasteiger partial charge in [0, 0.05) is 12.1 Å². The number of piperidine rings is 1. The molecular formula is C13H16F4N2O2S. The molecule has 0 spiro atoms. The number of halogens is 4. The number of hydrogen-bond donors (Lipinski definition) is 2. The molecule has 1 aliphatic heterocycles. The van der Waals surface area contributed by atoms with Gasteiger partial charge in [0.2, 0.25) is 10.0 Å². The van der Waals surface area contributed by atoms with Gasteiger partial charge in [-0.3, -0.25) is 0 Å². The zero-order valence-electron chi connectivity index (χ0n) is 11.7. The normalized spacial score (nSPS) is 23.5. The number of nitrogens with one attached hydrogen (secondary N) is 2. The van der Waals surface area contributed by atoms with E-state index in [4.69, 9.17) is 0 Å². The summed E-state index contributed by atoms with van der Waals surface area (Å²) in [6, 6.07) is 1.42. The molecule has 9 heteroatoms. The zero-order chi connectivity index (χ0) is 16.5. The first-order chi connectivity index (χ1) is 10.1. The first-order valence-electron chi connectivity index (χ1n) is 6.72. The van der Waals surface area contributed by atoms with Crippen LogP contribution in [-0.4, -0.2) is 27.0 Å². The van der Waals surface area contributed by atoms with Crippen LogP contribution in [0.5, 0.6) is 0 Å². The summed E-state index contributed by atoms with van der Waals surface area (Å²) in [6.07, 6.45) is -3.87. The van der Waals surface area contributed by atoms with E-state index in [1.54, 1.807) is 0 Å². The van der Waals surface area contributed by atoms with Crippen molar-refractivity contribution in [1.29, 1.82) is 0 Å². The Bertz CT molecular complexity index is 646.